The van der Waals surface area contributed by atoms with Crippen molar-refractivity contribution in [3.05, 3.63) is 35.1 Å². The minimum atomic E-state index is -3.77. The number of hydrogen-bond acceptors (Lipinski definition) is 6. The Morgan fingerprint density at radius 2 is 1.92 bits per heavy atom. The molecule has 1 amide bonds. The minimum absolute atomic E-state index is 0.0585. The molecule has 0 unspecified atom stereocenters. The van der Waals surface area contributed by atoms with E-state index < -0.39 is 15.8 Å². The molecule has 0 bridgehead atoms. The van der Waals surface area contributed by atoms with Gasteiger partial charge >= 0.3 is 0 Å². The molecule has 130 valence electrons. The normalized spacial score (nSPS) is 11.7. The van der Waals surface area contributed by atoms with Crippen LogP contribution in [0.4, 0.5) is 9.52 Å². The lowest BCUT2D eigenvalue weighted by Gasteiger charge is -2.06. The van der Waals surface area contributed by atoms with Crippen LogP contribution in [-0.2, 0) is 14.8 Å². The lowest BCUT2D eigenvalue weighted by atomic mass is 10.2. The quantitative estimate of drug-likeness (QED) is 0.775. The molecule has 0 spiro atoms. The second-order valence-electron chi connectivity index (χ2n) is 5.25. The van der Waals surface area contributed by atoms with Crippen LogP contribution in [0.25, 0.3) is 0 Å². The number of carbonyl (C=O) groups excluding carboxylic acids is 1. The Morgan fingerprint density at radius 3 is 2.50 bits per heavy atom. The zero-order chi connectivity index (χ0) is 17.7. The number of benzene rings is 1. The van der Waals surface area contributed by atoms with Gasteiger partial charge in [0.1, 0.15) is 10.8 Å². The topological polar surface area (TPSA) is 101 Å². The van der Waals surface area contributed by atoms with Gasteiger partial charge in [0.05, 0.1) is 4.90 Å². The van der Waals surface area contributed by atoms with E-state index in [9.17, 15) is 17.6 Å². The first-order valence-corrected chi connectivity index (χ1v) is 9.46. The van der Waals surface area contributed by atoms with Crippen molar-refractivity contribution in [1.82, 2.24) is 14.9 Å². The molecule has 1 aromatic heterocycles. The van der Waals surface area contributed by atoms with Gasteiger partial charge in [-0.2, -0.15) is 0 Å². The second-order valence-corrected chi connectivity index (χ2v) is 8.03. The molecule has 10 heteroatoms. The molecule has 0 fully saturated rings. The molecule has 0 aliphatic carbocycles. The summed E-state index contributed by atoms with van der Waals surface area (Å²) in [7, 11) is -3.77. The third-order valence-corrected chi connectivity index (χ3v) is 5.57. The standard InChI is InChI=1S/C14H17FN4O3S2/c1-9(2)13-18-19-14(23-13)17-12(20)7-8-16-24(21,22)11-5-3-10(15)4-6-11/h3-6,9,16H,7-8H2,1-2H3,(H,17,19,20). The van der Waals surface area contributed by atoms with Crippen LogP contribution in [-0.4, -0.2) is 31.1 Å². The maximum Gasteiger partial charge on any atom is 0.240 e. The lowest BCUT2D eigenvalue weighted by molar-refractivity contribution is -0.116. The van der Waals surface area contributed by atoms with E-state index in [-0.39, 0.29) is 29.7 Å². The molecule has 1 heterocycles. The summed E-state index contributed by atoms with van der Waals surface area (Å²) in [5.74, 6) is -0.676. The molecule has 2 aromatic rings. The van der Waals surface area contributed by atoms with Crippen LogP contribution in [0, 0.1) is 5.82 Å². The number of amides is 1. The first-order valence-electron chi connectivity index (χ1n) is 7.16. The molecule has 0 aliphatic rings. The fraction of sp³-hybridized carbons (Fsp3) is 0.357. The van der Waals surface area contributed by atoms with Crippen molar-refractivity contribution in [1.29, 1.82) is 0 Å². The highest BCUT2D eigenvalue weighted by atomic mass is 32.2. The average molecular weight is 372 g/mol. The van der Waals surface area contributed by atoms with Crippen molar-refractivity contribution in [2.24, 2.45) is 0 Å². The Hall–Kier alpha value is -1.91. The number of nitrogens with zero attached hydrogens (tertiary/aromatic N) is 2. The van der Waals surface area contributed by atoms with Crippen LogP contribution in [0.3, 0.4) is 0 Å². The van der Waals surface area contributed by atoms with Crippen molar-refractivity contribution in [2.45, 2.75) is 31.1 Å². The smallest absolute Gasteiger partial charge is 0.240 e. The van der Waals surface area contributed by atoms with E-state index in [4.69, 9.17) is 0 Å². The molecule has 2 rings (SSSR count). The number of aromatic nitrogens is 2. The average Bonchev–Trinajstić information content (AvgIpc) is 2.96. The molecule has 0 saturated heterocycles. The summed E-state index contributed by atoms with van der Waals surface area (Å²) < 4.78 is 39.1. The van der Waals surface area contributed by atoms with Crippen LogP contribution < -0.4 is 10.0 Å². The van der Waals surface area contributed by atoms with E-state index in [2.05, 4.69) is 20.2 Å². The van der Waals surface area contributed by atoms with E-state index in [1.807, 2.05) is 13.8 Å². The van der Waals surface area contributed by atoms with Gasteiger partial charge in [-0.3, -0.25) is 4.79 Å². The van der Waals surface area contributed by atoms with Gasteiger partial charge < -0.3 is 5.32 Å². The number of sulfonamides is 1. The van der Waals surface area contributed by atoms with Gasteiger partial charge in [0.2, 0.25) is 21.1 Å². The molecule has 0 aliphatic heterocycles. The largest absolute Gasteiger partial charge is 0.300 e. The Morgan fingerprint density at radius 1 is 1.25 bits per heavy atom. The Bertz CT molecular complexity index is 804. The number of anilines is 1. The third kappa shape index (κ3) is 5.05. The van der Waals surface area contributed by atoms with Gasteiger partial charge in [-0.05, 0) is 24.3 Å². The third-order valence-electron chi connectivity index (χ3n) is 2.95. The number of carbonyl (C=O) groups is 1. The number of hydrogen-bond donors (Lipinski definition) is 2. The van der Waals surface area contributed by atoms with Crippen LogP contribution in [0.1, 0.15) is 31.2 Å². The zero-order valence-electron chi connectivity index (χ0n) is 13.1. The van der Waals surface area contributed by atoms with Crippen LogP contribution in [0.2, 0.25) is 0 Å². The minimum Gasteiger partial charge on any atom is -0.300 e. The van der Waals surface area contributed by atoms with Crippen LogP contribution in [0.5, 0.6) is 0 Å². The molecule has 0 atom stereocenters. The molecular formula is C14H17FN4O3S2. The highest BCUT2D eigenvalue weighted by molar-refractivity contribution is 7.89. The van der Waals surface area contributed by atoms with Crippen molar-refractivity contribution < 1.29 is 17.6 Å². The molecular weight excluding hydrogens is 355 g/mol. The summed E-state index contributed by atoms with van der Waals surface area (Å²) in [6.45, 7) is 3.86. The van der Waals surface area contributed by atoms with E-state index >= 15 is 0 Å². The highest BCUT2D eigenvalue weighted by Crippen LogP contribution is 2.22. The van der Waals surface area contributed by atoms with Crippen LogP contribution >= 0.6 is 11.3 Å². The maximum absolute atomic E-state index is 12.8. The van der Waals surface area contributed by atoms with E-state index in [1.54, 1.807) is 0 Å². The molecule has 24 heavy (non-hydrogen) atoms. The summed E-state index contributed by atoms with van der Waals surface area (Å²) >= 11 is 1.28. The molecule has 2 N–H and O–H groups in total. The molecule has 0 radical (unpaired) electrons. The van der Waals surface area contributed by atoms with E-state index in [0.29, 0.717) is 5.13 Å². The summed E-state index contributed by atoms with van der Waals surface area (Å²) in [6, 6.07) is 4.44. The fourth-order valence-electron chi connectivity index (χ4n) is 1.70. The van der Waals surface area contributed by atoms with Crippen molar-refractivity contribution in [3.8, 4) is 0 Å². The molecule has 1 aromatic carbocycles. The number of nitrogens with one attached hydrogen (secondary N) is 2. The van der Waals surface area contributed by atoms with Gasteiger partial charge in [-0.25, -0.2) is 17.5 Å². The summed E-state index contributed by atoms with van der Waals surface area (Å²) in [5.41, 5.74) is 0. The molecule has 7 nitrogen and oxygen atoms in total. The zero-order valence-corrected chi connectivity index (χ0v) is 14.7. The SMILES string of the molecule is CC(C)c1nnc(NC(=O)CCNS(=O)(=O)c2ccc(F)cc2)s1. The van der Waals surface area contributed by atoms with Crippen molar-refractivity contribution in [3.63, 3.8) is 0 Å². The van der Waals surface area contributed by atoms with Gasteiger partial charge in [-0.1, -0.05) is 25.2 Å². The summed E-state index contributed by atoms with van der Waals surface area (Å²) in [5, 5.41) is 11.6. The van der Waals surface area contributed by atoms with E-state index in [0.717, 1.165) is 29.3 Å². The predicted octanol–water partition coefficient (Wildman–Crippen LogP) is 2.11. The highest BCUT2D eigenvalue weighted by Gasteiger charge is 2.15. The number of halogens is 1. The maximum atomic E-state index is 12.8. The van der Waals surface area contributed by atoms with Gasteiger partial charge in [0, 0.05) is 18.9 Å². The summed E-state index contributed by atoms with van der Waals surface area (Å²) in [4.78, 5) is 11.7. The lowest BCUT2D eigenvalue weighted by Crippen LogP contribution is -2.27. The monoisotopic (exact) mass is 372 g/mol. The molecule has 0 saturated carbocycles. The van der Waals surface area contributed by atoms with E-state index in [1.165, 1.54) is 11.3 Å². The second kappa shape index (κ2) is 7.77. The van der Waals surface area contributed by atoms with Crippen LogP contribution in [0.15, 0.2) is 29.2 Å². The summed E-state index contributed by atoms with van der Waals surface area (Å²) in [6.07, 6.45) is -0.0585. The first kappa shape index (κ1) is 18.4. The predicted molar refractivity (Wildman–Crippen MR) is 88.8 cm³/mol. The van der Waals surface area contributed by atoms with Crippen molar-refractivity contribution >= 4 is 32.4 Å². The van der Waals surface area contributed by atoms with Crippen molar-refractivity contribution in [2.75, 3.05) is 11.9 Å². The number of rotatable bonds is 7. The fourth-order valence-corrected chi connectivity index (χ4v) is 3.49. The Labute approximate surface area is 143 Å². The van der Waals surface area contributed by atoms with Gasteiger partial charge in [0.15, 0.2) is 0 Å². The Balaban J connectivity index is 1.84. The van der Waals surface area contributed by atoms with Gasteiger partial charge in [0.25, 0.3) is 0 Å². The first-order chi connectivity index (χ1) is 11.3. The Kier molecular flexibility index (Phi) is 5.97. The van der Waals surface area contributed by atoms with Gasteiger partial charge in [-0.15, -0.1) is 10.2 Å².